The number of aliphatic hydroxyl groups excluding tert-OH is 1. The van der Waals surface area contributed by atoms with Crippen LogP contribution in [0.1, 0.15) is 60.6 Å². The van der Waals surface area contributed by atoms with E-state index in [2.05, 4.69) is 37.4 Å². The standard InChI is InChI=1S/C28H35NO5S/c1-15-5-7-20(22-23-24(27(31)32)26(23)34-25(15)22)16(2)33-14-19(30)13-29-28(3,4)12-17-6-8-21-18(11-17)9-10-35-21/h5-8,11,16,19,23-24,26,29-30H,9-10,12-14H2,1-4H3,(H,31,32)/t16-,19?,23+,24+,26+/m1/s1. The van der Waals surface area contributed by atoms with Crippen LogP contribution in [0.15, 0.2) is 35.2 Å². The number of β-amino-alcohol motifs (C(OH)–C–C–N with tert-alkyl or cyclic N) is 1. The monoisotopic (exact) mass is 497 g/mol. The van der Waals surface area contributed by atoms with Crippen molar-refractivity contribution in [3.8, 4) is 5.75 Å². The van der Waals surface area contributed by atoms with Crippen molar-refractivity contribution in [2.24, 2.45) is 5.92 Å². The van der Waals surface area contributed by atoms with Gasteiger partial charge in [-0.3, -0.25) is 4.79 Å². The maximum absolute atomic E-state index is 11.5. The average molecular weight is 498 g/mol. The van der Waals surface area contributed by atoms with Gasteiger partial charge < -0.3 is 25.0 Å². The number of aryl methyl sites for hydroxylation is 2. The molecule has 7 heteroatoms. The van der Waals surface area contributed by atoms with Crippen LogP contribution in [0, 0.1) is 12.8 Å². The fraction of sp³-hybridized carbons (Fsp3) is 0.536. The van der Waals surface area contributed by atoms with Gasteiger partial charge in [-0.25, -0.2) is 0 Å². The van der Waals surface area contributed by atoms with Crippen molar-refractivity contribution >= 4 is 17.7 Å². The summed E-state index contributed by atoms with van der Waals surface area (Å²) in [5.41, 5.74) is 5.55. The first kappa shape index (κ1) is 24.6. The number of carboxylic acid groups (broad SMARTS) is 1. The molecule has 2 aliphatic heterocycles. The summed E-state index contributed by atoms with van der Waals surface area (Å²) in [4.78, 5) is 12.9. The molecule has 2 aromatic carbocycles. The topological polar surface area (TPSA) is 88.0 Å². The van der Waals surface area contributed by atoms with Crippen molar-refractivity contribution in [3.63, 3.8) is 0 Å². The Bertz CT molecular complexity index is 1130. The minimum absolute atomic E-state index is 0.103. The van der Waals surface area contributed by atoms with Gasteiger partial charge >= 0.3 is 5.97 Å². The van der Waals surface area contributed by atoms with Crippen molar-refractivity contribution in [2.75, 3.05) is 18.9 Å². The second-order valence-electron chi connectivity index (χ2n) is 10.8. The van der Waals surface area contributed by atoms with Gasteiger partial charge in [0.1, 0.15) is 17.8 Å². The molecule has 0 saturated heterocycles. The number of benzene rings is 2. The number of aliphatic carboxylic acids is 1. The summed E-state index contributed by atoms with van der Waals surface area (Å²) in [6.45, 7) is 8.87. The molecule has 1 aliphatic carbocycles. The Labute approximate surface area is 211 Å². The normalized spacial score (nSPS) is 23.7. The highest BCUT2D eigenvalue weighted by molar-refractivity contribution is 7.99. The van der Waals surface area contributed by atoms with E-state index in [1.165, 1.54) is 21.8 Å². The van der Waals surface area contributed by atoms with Gasteiger partial charge in [0.15, 0.2) is 0 Å². The highest BCUT2D eigenvalue weighted by atomic mass is 32.2. The molecule has 3 aliphatic rings. The molecular formula is C28H35NO5S. The van der Waals surface area contributed by atoms with E-state index in [9.17, 15) is 15.0 Å². The van der Waals surface area contributed by atoms with Crippen LogP contribution >= 0.6 is 11.8 Å². The lowest BCUT2D eigenvalue weighted by molar-refractivity contribution is -0.139. The van der Waals surface area contributed by atoms with Crippen molar-refractivity contribution in [3.05, 3.63) is 58.1 Å². The molecule has 3 N–H and O–H groups in total. The largest absolute Gasteiger partial charge is 0.488 e. The number of thioether (sulfide) groups is 1. The molecule has 1 saturated carbocycles. The number of carboxylic acids is 1. The first-order chi connectivity index (χ1) is 16.6. The molecule has 2 heterocycles. The predicted molar refractivity (Wildman–Crippen MR) is 136 cm³/mol. The van der Waals surface area contributed by atoms with Crippen LogP contribution in [0.4, 0.5) is 0 Å². The zero-order chi connectivity index (χ0) is 24.9. The lowest BCUT2D eigenvalue weighted by atomic mass is 9.93. The third-order valence-corrected chi connectivity index (χ3v) is 8.56. The first-order valence-corrected chi connectivity index (χ1v) is 13.5. The molecule has 5 rings (SSSR count). The quantitative estimate of drug-likeness (QED) is 0.452. The average Bonchev–Trinajstić information content (AvgIpc) is 3.12. The van der Waals surface area contributed by atoms with Gasteiger partial charge in [0.2, 0.25) is 0 Å². The Morgan fingerprint density at radius 1 is 1.31 bits per heavy atom. The summed E-state index contributed by atoms with van der Waals surface area (Å²) >= 11 is 1.93. The fourth-order valence-corrected chi connectivity index (χ4v) is 6.56. The number of hydrogen-bond donors (Lipinski definition) is 3. The second-order valence-corrected chi connectivity index (χ2v) is 11.9. The van der Waals surface area contributed by atoms with Crippen molar-refractivity contribution in [1.29, 1.82) is 0 Å². The summed E-state index contributed by atoms with van der Waals surface area (Å²) in [5, 5.41) is 23.6. The van der Waals surface area contributed by atoms with E-state index in [4.69, 9.17) is 9.47 Å². The van der Waals surface area contributed by atoms with Crippen LogP contribution in [-0.2, 0) is 22.4 Å². The van der Waals surface area contributed by atoms with Crippen LogP contribution in [0.2, 0.25) is 0 Å². The number of aliphatic hydroxyl groups is 1. The molecule has 2 aromatic rings. The van der Waals surface area contributed by atoms with Gasteiger partial charge in [0.25, 0.3) is 0 Å². The predicted octanol–water partition coefficient (Wildman–Crippen LogP) is 4.25. The number of carbonyl (C=O) groups is 1. The molecule has 1 unspecified atom stereocenters. The number of ether oxygens (including phenoxy) is 2. The van der Waals surface area contributed by atoms with Gasteiger partial charge in [0.05, 0.1) is 18.8 Å². The molecule has 0 bridgehead atoms. The second kappa shape index (κ2) is 9.43. The van der Waals surface area contributed by atoms with E-state index in [0.717, 1.165) is 35.3 Å². The molecule has 5 atom stereocenters. The first-order valence-electron chi connectivity index (χ1n) is 12.5. The lowest BCUT2D eigenvalue weighted by Gasteiger charge is -2.28. The van der Waals surface area contributed by atoms with Crippen LogP contribution in [-0.4, -0.2) is 52.8 Å². The third kappa shape index (κ3) is 4.96. The fourth-order valence-electron chi connectivity index (χ4n) is 5.50. The summed E-state index contributed by atoms with van der Waals surface area (Å²) in [7, 11) is 0. The van der Waals surface area contributed by atoms with E-state index in [0.29, 0.717) is 6.54 Å². The molecule has 0 amide bonds. The van der Waals surface area contributed by atoms with Crippen molar-refractivity contribution in [1.82, 2.24) is 5.32 Å². The highest BCUT2D eigenvalue weighted by Gasteiger charge is 2.64. The van der Waals surface area contributed by atoms with E-state index >= 15 is 0 Å². The number of nitrogens with one attached hydrogen (secondary N) is 1. The summed E-state index contributed by atoms with van der Waals surface area (Å²) in [5.74, 6) is 0.588. The molecule has 0 aromatic heterocycles. The Kier molecular flexibility index (Phi) is 6.64. The summed E-state index contributed by atoms with van der Waals surface area (Å²) in [6, 6.07) is 10.8. The molecule has 188 valence electrons. The molecule has 0 spiro atoms. The number of hydrogen-bond acceptors (Lipinski definition) is 6. The van der Waals surface area contributed by atoms with E-state index in [-0.39, 0.29) is 30.3 Å². The molecule has 1 fully saturated rings. The Morgan fingerprint density at radius 3 is 2.89 bits per heavy atom. The zero-order valence-corrected chi connectivity index (χ0v) is 21.7. The van der Waals surface area contributed by atoms with Crippen molar-refractivity contribution in [2.45, 2.75) is 75.2 Å². The van der Waals surface area contributed by atoms with Gasteiger partial charge in [0, 0.05) is 34.2 Å². The number of fused-ring (bicyclic) bond motifs is 4. The van der Waals surface area contributed by atoms with E-state index < -0.39 is 18.0 Å². The maximum atomic E-state index is 11.5. The van der Waals surface area contributed by atoms with Gasteiger partial charge in [-0.15, -0.1) is 11.8 Å². The lowest BCUT2D eigenvalue weighted by Crippen LogP contribution is -2.46. The minimum atomic E-state index is -0.811. The van der Waals surface area contributed by atoms with Crippen LogP contribution in [0.5, 0.6) is 5.75 Å². The smallest absolute Gasteiger partial charge is 0.311 e. The van der Waals surface area contributed by atoms with Gasteiger partial charge in [-0.05, 0) is 68.9 Å². The highest BCUT2D eigenvalue weighted by Crippen LogP contribution is 2.61. The molecule has 6 nitrogen and oxygen atoms in total. The van der Waals surface area contributed by atoms with Crippen LogP contribution in [0.25, 0.3) is 0 Å². The van der Waals surface area contributed by atoms with E-state index in [1.54, 1.807) is 0 Å². The van der Waals surface area contributed by atoms with Gasteiger partial charge in [-0.2, -0.15) is 0 Å². The maximum Gasteiger partial charge on any atom is 0.311 e. The van der Waals surface area contributed by atoms with Gasteiger partial charge in [-0.1, -0.05) is 24.3 Å². The Morgan fingerprint density at radius 2 is 2.11 bits per heavy atom. The number of rotatable bonds is 10. The van der Waals surface area contributed by atoms with Crippen LogP contribution in [0.3, 0.4) is 0 Å². The summed E-state index contributed by atoms with van der Waals surface area (Å²) < 4.78 is 12.0. The molecule has 35 heavy (non-hydrogen) atoms. The zero-order valence-electron chi connectivity index (χ0n) is 20.8. The summed E-state index contributed by atoms with van der Waals surface area (Å²) in [6.07, 6.45) is 0.843. The van der Waals surface area contributed by atoms with E-state index in [1.807, 2.05) is 37.7 Å². The Balaban J connectivity index is 1.15. The molecular weight excluding hydrogens is 462 g/mol. The SMILES string of the molecule is Cc1ccc([C@@H](C)OCC(O)CNC(C)(C)Cc2ccc3c(c2)CCS3)c2c1O[C@@H]1[C@@H](C(=O)O)[C@H]21. The third-order valence-electron chi connectivity index (χ3n) is 7.45. The van der Waals surface area contributed by atoms with Crippen molar-refractivity contribution < 1.29 is 24.5 Å². The Hall–Kier alpha value is -2.06. The minimum Gasteiger partial charge on any atom is -0.488 e. The van der Waals surface area contributed by atoms with Crippen LogP contribution < -0.4 is 10.1 Å². The molecule has 0 radical (unpaired) electrons.